The zero-order chi connectivity index (χ0) is 28.7. The number of alkyl halides is 3. The number of carbonyl (C=O) groups excluding carboxylic acids is 1. The smallest absolute Gasteiger partial charge is 0.416 e. The number of aryl methyl sites for hydroxylation is 1. The minimum absolute atomic E-state index is 0.0612. The van der Waals surface area contributed by atoms with Gasteiger partial charge in [-0.3, -0.25) is 4.79 Å². The van der Waals surface area contributed by atoms with Crippen LogP contribution in [0.3, 0.4) is 0 Å². The number of nitrogens with one attached hydrogen (secondary N) is 2. The summed E-state index contributed by atoms with van der Waals surface area (Å²) in [6.07, 6.45) is -3.03. The fourth-order valence-corrected chi connectivity index (χ4v) is 4.76. The SMILES string of the molecule is COc1cc(/C=N\NC(=O)Cc2csc(Nc3cccc(C(F)(F)F)c3)n2)c(Br)cc1OCc1cccc(C)c1. The molecule has 4 aromatic rings. The molecule has 0 radical (unpaired) electrons. The lowest BCUT2D eigenvalue weighted by Crippen LogP contribution is -2.20. The highest BCUT2D eigenvalue weighted by Gasteiger charge is 2.30. The zero-order valence-corrected chi connectivity index (χ0v) is 23.8. The summed E-state index contributed by atoms with van der Waals surface area (Å²) < 4.78 is 50.9. The molecule has 0 fully saturated rings. The van der Waals surface area contributed by atoms with Gasteiger partial charge < -0.3 is 14.8 Å². The molecule has 4 rings (SSSR count). The molecule has 0 spiro atoms. The van der Waals surface area contributed by atoms with Crippen molar-refractivity contribution in [2.24, 2.45) is 5.10 Å². The molecule has 208 valence electrons. The molecule has 12 heteroatoms. The van der Waals surface area contributed by atoms with Gasteiger partial charge in [0, 0.05) is 21.1 Å². The van der Waals surface area contributed by atoms with E-state index < -0.39 is 17.6 Å². The molecule has 0 unspecified atom stereocenters. The summed E-state index contributed by atoms with van der Waals surface area (Å²) in [6.45, 7) is 2.39. The number of halogens is 4. The van der Waals surface area contributed by atoms with Gasteiger partial charge in [-0.15, -0.1) is 11.3 Å². The predicted molar refractivity (Wildman–Crippen MR) is 152 cm³/mol. The molecule has 0 aliphatic heterocycles. The van der Waals surface area contributed by atoms with Crippen molar-refractivity contribution in [3.05, 3.63) is 98.5 Å². The third-order valence-electron chi connectivity index (χ3n) is 5.49. The third-order valence-corrected chi connectivity index (χ3v) is 6.98. The number of ether oxygens (including phenoxy) is 2. The quantitative estimate of drug-likeness (QED) is 0.142. The lowest BCUT2D eigenvalue weighted by atomic mass is 10.1. The molecule has 1 aromatic heterocycles. The molecule has 0 saturated heterocycles. The van der Waals surface area contributed by atoms with E-state index in [1.165, 1.54) is 36.8 Å². The van der Waals surface area contributed by atoms with Crippen LogP contribution in [0.1, 0.15) is 27.9 Å². The highest BCUT2D eigenvalue weighted by atomic mass is 79.9. The summed E-state index contributed by atoms with van der Waals surface area (Å²) in [5, 5.41) is 8.87. The number of rotatable bonds is 10. The second-order valence-corrected chi connectivity index (χ2v) is 10.3. The van der Waals surface area contributed by atoms with Crippen molar-refractivity contribution in [2.75, 3.05) is 12.4 Å². The van der Waals surface area contributed by atoms with Crippen LogP contribution in [0.15, 0.2) is 75.6 Å². The molecule has 0 bridgehead atoms. The minimum Gasteiger partial charge on any atom is -0.493 e. The molecule has 1 amide bonds. The largest absolute Gasteiger partial charge is 0.493 e. The van der Waals surface area contributed by atoms with Crippen molar-refractivity contribution >= 4 is 50.2 Å². The van der Waals surface area contributed by atoms with Crippen molar-refractivity contribution in [2.45, 2.75) is 26.1 Å². The Morgan fingerprint density at radius 1 is 1.12 bits per heavy atom. The van der Waals surface area contributed by atoms with Crippen LogP contribution < -0.4 is 20.2 Å². The van der Waals surface area contributed by atoms with Crippen LogP contribution in [-0.4, -0.2) is 24.2 Å². The molecular weight excluding hydrogens is 609 g/mol. The Bertz CT molecular complexity index is 1520. The number of benzene rings is 3. The van der Waals surface area contributed by atoms with Crippen molar-refractivity contribution < 1.29 is 27.4 Å². The van der Waals surface area contributed by atoms with Gasteiger partial charge in [-0.2, -0.15) is 18.3 Å². The number of methoxy groups -OCH3 is 1. The van der Waals surface area contributed by atoms with E-state index in [2.05, 4.69) is 36.8 Å². The van der Waals surface area contributed by atoms with E-state index in [0.717, 1.165) is 23.3 Å². The van der Waals surface area contributed by atoms with Crippen molar-refractivity contribution in [1.29, 1.82) is 0 Å². The molecule has 0 atom stereocenters. The van der Waals surface area contributed by atoms with Gasteiger partial charge >= 0.3 is 6.18 Å². The summed E-state index contributed by atoms with van der Waals surface area (Å²) >= 11 is 4.67. The molecule has 1 heterocycles. The average molecular weight is 633 g/mol. The Balaban J connectivity index is 1.32. The molecule has 2 N–H and O–H groups in total. The van der Waals surface area contributed by atoms with Crippen LogP contribution in [0.4, 0.5) is 24.0 Å². The van der Waals surface area contributed by atoms with E-state index in [1.54, 1.807) is 17.5 Å². The van der Waals surface area contributed by atoms with Crippen molar-refractivity contribution in [3.8, 4) is 11.5 Å². The number of anilines is 2. The minimum atomic E-state index is -4.44. The number of carbonyl (C=O) groups is 1. The molecule has 3 aromatic carbocycles. The highest BCUT2D eigenvalue weighted by molar-refractivity contribution is 9.10. The van der Waals surface area contributed by atoms with Crippen LogP contribution >= 0.6 is 27.3 Å². The highest BCUT2D eigenvalue weighted by Crippen LogP contribution is 2.34. The Hall–Kier alpha value is -3.90. The zero-order valence-electron chi connectivity index (χ0n) is 21.4. The standard InChI is InChI=1S/C28H24BrF3N4O3S/c1-17-5-3-6-18(9-17)15-39-25-13-23(29)19(10-24(25)38-2)14-33-36-26(37)12-22-16-40-27(35-22)34-21-8-4-7-20(11-21)28(30,31)32/h3-11,13-14,16H,12,15H2,1-2H3,(H,34,35)(H,36,37)/b33-14-. The number of amides is 1. The van der Waals surface area contributed by atoms with Gasteiger partial charge in [0.15, 0.2) is 16.6 Å². The van der Waals surface area contributed by atoms with Crippen LogP contribution in [0.2, 0.25) is 0 Å². The predicted octanol–water partition coefficient (Wildman–Crippen LogP) is 7.26. The first-order valence-electron chi connectivity index (χ1n) is 11.9. The van der Waals surface area contributed by atoms with Gasteiger partial charge in [-0.25, -0.2) is 10.4 Å². The van der Waals surface area contributed by atoms with Gasteiger partial charge in [0.05, 0.1) is 31.0 Å². The second kappa shape index (κ2) is 13.0. The van der Waals surface area contributed by atoms with E-state index in [4.69, 9.17) is 9.47 Å². The lowest BCUT2D eigenvalue weighted by Gasteiger charge is -2.13. The first-order chi connectivity index (χ1) is 19.1. The normalized spacial score (nSPS) is 11.4. The Morgan fingerprint density at radius 2 is 1.93 bits per heavy atom. The second-order valence-electron chi connectivity index (χ2n) is 8.62. The number of thiazole rings is 1. The van der Waals surface area contributed by atoms with E-state index in [9.17, 15) is 18.0 Å². The first kappa shape index (κ1) is 29.1. The van der Waals surface area contributed by atoms with Crippen LogP contribution in [0.25, 0.3) is 0 Å². The molecule has 0 aliphatic rings. The topological polar surface area (TPSA) is 84.8 Å². The van der Waals surface area contributed by atoms with Gasteiger partial charge in [-0.05, 0) is 58.7 Å². The molecular formula is C28H24BrF3N4O3S. The van der Waals surface area contributed by atoms with Gasteiger partial charge in [0.25, 0.3) is 0 Å². The summed E-state index contributed by atoms with van der Waals surface area (Å²) in [5.41, 5.74) is 5.21. The number of hydrazone groups is 1. The van der Waals surface area contributed by atoms with Gasteiger partial charge in [0.2, 0.25) is 5.91 Å². The Labute approximate surface area is 241 Å². The summed E-state index contributed by atoms with van der Waals surface area (Å²) in [7, 11) is 1.54. The van der Waals surface area contributed by atoms with E-state index in [-0.39, 0.29) is 12.1 Å². The molecule has 0 aliphatic carbocycles. The molecule has 0 saturated carbocycles. The van der Waals surface area contributed by atoms with Crippen molar-refractivity contribution in [3.63, 3.8) is 0 Å². The van der Waals surface area contributed by atoms with Crippen LogP contribution in [0.5, 0.6) is 11.5 Å². The average Bonchev–Trinajstić information content (AvgIpc) is 3.34. The summed E-state index contributed by atoms with van der Waals surface area (Å²) in [6, 6.07) is 16.3. The molecule has 40 heavy (non-hydrogen) atoms. The van der Waals surface area contributed by atoms with Gasteiger partial charge in [0.1, 0.15) is 6.61 Å². The maximum atomic E-state index is 12.9. The summed E-state index contributed by atoms with van der Waals surface area (Å²) in [4.78, 5) is 16.6. The fourth-order valence-electron chi connectivity index (χ4n) is 3.61. The fraction of sp³-hybridized carbons (Fsp3) is 0.179. The number of nitrogens with zero attached hydrogens (tertiary/aromatic N) is 2. The monoisotopic (exact) mass is 632 g/mol. The number of aromatic nitrogens is 1. The maximum absolute atomic E-state index is 12.9. The lowest BCUT2D eigenvalue weighted by molar-refractivity contribution is -0.137. The Kier molecular flexibility index (Phi) is 9.43. The Morgan fingerprint density at radius 3 is 2.67 bits per heavy atom. The van der Waals surface area contributed by atoms with Crippen LogP contribution in [-0.2, 0) is 24.0 Å². The number of hydrogen-bond donors (Lipinski definition) is 2. The molecule has 7 nitrogen and oxygen atoms in total. The summed E-state index contributed by atoms with van der Waals surface area (Å²) in [5.74, 6) is 0.649. The third kappa shape index (κ3) is 8.06. The van der Waals surface area contributed by atoms with Crippen LogP contribution in [0, 0.1) is 6.92 Å². The van der Waals surface area contributed by atoms with E-state index in [1.807, 2.05) is 31.2 Å². The number of hydrogen-bond acceptors (Lipinski definition) is 7. The first-order valence-corrected chi connectivity index (χ1v) is 13.5. The van der Waals surface area contributed by atoms with E-state index in [0.29, 0.717) is 39.0 Å². The van der Waals surface area contributed by atoms with E-state index >= 15 is 0 Å². The maximum Gasteiger partial charge on any atom is 0.416 e. The van der Waals surface area contributed by atoms with Crippen molar-refractivity contribution in [1.82, 2.24) is 10.4 Å². The van der Waals surface area contributed by atoms with Gasteiger partial charge in [-0.1, -0.05) is 35.9 Å².